The van der Waals surface area contributed by atoms with Gasteiger partial charge in [0, 0.05) is 61.3 Å². The van der Waals surface area contributed by atoms with Crippen LogP contribution < -0.4 is 20.6 Å². The van der Waals surface area contributed by atoms with Crippen molar-refractivity contribution in [1.29, 1.82) is 0 Å². The van der Waals surface area contributed by atoms with Gasteiger partial charge in [-0.05, 0) is 97.4 Å². The number of para-hydroxylation sites is 3. The maximum atomic E-state index is 2.71. The van der Waals surface area contributed by atoms with Crippen LogP contribution in [0.5, 0.6) is 0 Å². The van der Waals surface area contributed by atoms with Crippen molar-refractivity contribution in [1.82, 2.24) is 4.57 Å². The Bertz CT molecular complexity index is 3240. The zero-order chi connectivity index (χ0) is 41.7. The van der Waals surface area contributed by atoms with Crippen molar-refractivity contribution in [2.24, 2.45) is 0 Å². The summed E-state index contributed by atoms with van der Waals surface area (Å²) in [6.07, 6.45) is 0. The van der Waals surface area contributed by atoms with Crippen LogP contribution in [0.4, 0.5) is 28.4 Å². The number of rotatable bonds is 3. The third-order valence-electron chi connectivity index (χ3n) is 14.2. The molecule has 296 valence electrons. The van der Waals surface area contributed by atoms with Gasteiger partial charge in [0.1, 0.15) is 0 Å². The predicted molar refractivity (Wildman–Crippen MR) is 262 cm³/mol. The second-order valence-electron chi connectivity index (χ2n) is 20.2. The molecule has 0 fully saturated rings. The molecule has 8 aromatic carbocycles. The normalized spacial score (nSPS) is 14.6. The highest BCUT2D eigenvalue weighted by Crippen LogP contribution is 2.56. The Kier molecular flexibility index (Phi) is 7.32. The van der Waals surface area contributed by atoms with Gasteiger partial charge in [0.05, 0.1) is 11.0 Å². The van der Waals surface area contributed by atoms with E-state index in [9.17, 15) is 0 Å². The number of fused-ring (bicyclic) bond motifs is 11. The molecule has 0 saturated heterocycles. The first kappa shape index (κ1) is 36.3. The van der Waals surface area contributed by atoms with Gasteiger partial charge in [-0.2, -0.15) is 0 Å². The van der Waals surface area contributed by atoms with E-state index in [-0.39, 0.29) is 23.1 Å². The van der Waals surface area contributed by atoms with Crippen LogP contribution in [-0.4, -0.2) is 11.4 Å². The quantitative estimate of drug-likeness (QED) is 0.165. The number of aromatic nitrogens is 1. The first-order valence-electron chi connectivity index (χ1n) is 22.0. The van der Waals surface area contributed by atoms with Gasteiger partial charge in [0.2, 0.25) is 0 Å². The number of benzene rings is 8. The van der Waals surface area contributed by atoms with Gasteiger partial charge in [-0.1, -0.05) is 171 Å². The minimum absolute atomic E-state index is 0.0256. The Labute approximate surface area is 360 Å². The molecule has 3 aliphatic rings. The van der Waals surface area contributed by atoms with E-state index in [2.05, 4.69) is 227 Å². The van der Waals surface area contributed by atoms with E-state index in [1.54, 1.807) is 0 Å². The Morgan fingerprint density at radius 3 is 1.80 bits per heavy atom. The Morgan fingerprint density at radius 2 is 1.10 bits per heavy atom. The van der Waals surface area contributed by atoms with E-state index in [1.807, 2.05) is 0 Å². The van der Waals surface area contributed by atoms with Crippen molar-refractivity contribution in [3.05, 3.63) is 180 Å². The van der Waals surface area contributed by atoms with Gasteiger partial charge in [0.25, 0.3) is 0 Å². The molecule has 4 heteroatoms. The Balaban J connectivity index is 1.23. The number of nitrogens with zero attached hydrogens (tertiary/aromatic N) is 3. The first-order chi connectivity index (χ1) is 29.3. The summed E-state index contributed by atoms with van der Waals surface area (Å²) in [5, 5.41) is 5.12. The lowest BCUT2D eigenvalue weighted by atomic mass is 9.43. The molecule has 0 bridgehead atoms. The summed E-state index contributed by atoms with van der Waals surface area (Å²) in [6, 6.07) is 60.4. The second kappa shape index (κ2) is 12.3. The molecule has 0 aliphatic carbocycles. The van der Waals surface area contributed by atoms with Gasteiger partial charge in [-0.15, -0.1) is 0 Å². The third kappa shape index (κ3) is 4.99. The molecule has 0 unspecified atom stereocenters. The summed E-state index contributed by atoms with van der Waals surface area (Å²) in [4.78, 5) is 5.20. The molecule has 1 aromatic heterocycles. The van der Waals surface area contributed by atoms with Crippen molar-refractivity contribution in [2.75, 3.05) is 9.71 Å². The van der Waals surface area contributed by atoms with Crippen LogP contribution in [0.3, 0.4) is 0 Å². The fraction of sp³-hybridized carbons (Fsp3) is 0.193. The molecule has 0 radical (unpaired) electrons. The first-order valence-corrected chi connectivity index (χ1v) is 22.0. The Morgan fingerprint density at radius 1 is 0.492 bits per heavy atom. The van der Waals surface area contributed by atoms with E-state index in [1.165, 1.54) is 93.9 Å². The zero-order valence-electron chi connectivity index (χ0n) is 36.4. The van der Waals surface area contributed by atoms with Crippen LogP contribution >= 0.6 is 0 Å². The van der Waals surface area contributed by atoms with Crippen LogP contribution in [0.15, 0.2) is 158 Å². The SMILES string of the molecule is CC(C)(C)c1ccc(N(c2ccc(C(C)(C)C)cc2)c2cc3c4c(c2)-n2c5c(cccc5c5ccc6ccccc6c52)B4N2c4ccccc4C(C)(C)c4cccc-3c42)cc1. The minimum atomic E-state index is -0.180. The van der Waals surface area contributed by atoms with Crippen molar-refractivity contribution in [2.45, 2.75) is 71.6 Å². The summed E-state index contributed by atoms with van der Waals surface area (Å²) in [5.41, 5.74) is 20.5. The van der Waals surface area contributed by atoms with Crippen LogP contribution in [0, 0.1) is 0 Å². The predicted octanol–water partition coefficient (Wildman–Crippen LogP) is 13.9. The molecule has 3 aliphatic heterocycles. The molecule has 0 saturated carbocycles. The molecule has 12 rings (SSSR count). The van der Waals surface area contributed by atoms with Crippen LogP contribution in [0.25, 0.3) is 49.4 Å². The van der Waals surface area contributed by atoms with Crippen LogP contribution in [-0.2, 0) is 16.2 Å². The highest BCUT2D eigenvalue weighted by molar-refractivity contribution is 6.93. The van der Waals surface area contributed by atoms with Crippen molar-refractivity contribution in [3.63, 3.8) is 0 Å². The maximum absolute atomic E-state index is 2.71. The van der Waals surface area contributed by atoms with E-state index in [0.29, 0.717) is 0 Å². The van der Waals surface area contributed by atoms with Crippen molar-refractivity contribution in [3.8, 4) is 16.8 Å². The molecule has 0 spiro atoms. The smallest absolute Gasteiger partial charge is 0.333 e. The van der Waals surface area contributed by atoms with Crippen LogP contribution in [0.2, 0.25) is 0 Å². The summed E-state index contributed by atoms with van der Waals surface area (Å²) in [5.74, 6) is 0. The van der Waals surface area contributed by atoms with E-state index >= 15 is 0 Å². The number of hydrogen-bond donors (Lipinski definition) is 0. The number of hydrogen-bond acceptors (Lipinski definition) is 2. The lowest BCUT2D eigenvalue weighted by Gasteiger charge is -2.49. The molecule has 4 heterocycles. The third-order valence-corrected chi connectivity index (χ3v) is 14.2. The molecule has 0 atom stereocenters. The minimum Gasteiger partial charge on any atom is -0.376 e. The monoisotopic (exact) mass is 787 g/mol. The molecular weight excluding hydrogens is 737 g/mol. The lowest BCUT2D eigenvalue weighted by molar-refractivity contribution is 0.590. The van der Waals surface area contributed by atoms with Gasteiger partial charge in [0.15, 0.2) is 0 Å². The average Bonchev–Trinajstić information content (AvgIpc) is 3.60. The van der Waals surface area contributed by atoms with Gasteiger partial charge in [-0.3, -0.25) is 0 Å². The topological polar surface area (TPSA) is 11.4 Å². The molecule has 61 heavy (non-hydrogen) atoms. The summed E-state index contributed by atoms with van der Waals surface area (Å²) >= 11 is 0. The second-order valence-corrected chi connectivity index (χ2v) is 20.2. The van der Waals surface area contributed by atoms with E-state index < -0.39 is 0 Å². The van der Waals surface area contributed by atoms with Gasteiger partial charge < -0.3 is 14.3 Å². The molecule has 0 N–H and O–H groups in total. The van der Waals surface area contributed by atoms with Gasteiger partial charge >= 0.3 is 6.85 Å². The van der Waals surface area contributed by atoms with Gasteiger partial charge in [-0.25, -0.2) is 0 Å². The molecule has 3 nitrogen and oxygen atoms in total. The Hall–Kier alpha value is -6.52. The summed E-state index contributed by atoms with van der Waals surface area (Å²) in [7, 11) is 0. The highest BCUT2D eigenvalue weighted by atomic mass is 15.2. The van der Waals surface area contributed by atoms with Crippen molar-refractivity contribution >= 4 is 78.8 Å². The van der Waals surface area contributed by atoms with Crippen molar-refractivity contribution < 1.29 is 0 Å². The van der Waals surface area contributed by atoms with E-state index in [0.717, 1.165) is 17.1 Å². The van der Waals surface area contributed by atoms with Crippen LogP contribution in [0.1, 0.15) is 77.6 Å². The van der Waals surface area contributed by atoms with E-state index in [4.69, 9.17) is 0 Å². The maximum Gasteiger partial charge on any atom is 0.333 e. The molecule has 9 aromatic rings. The molecule has 0 amide bonds. The zero-order valence-corrected chi connectivity index (χ0v) is 36.4. The highest BCUT2D eigenvalue weighted by Gasteiger charge is 2.49. The average molecular weight is 788 g/mol. The summed E-state index contributed by atoms with van der Waals surface area (Å²) in [6.45, 7) is 18.6. The fourth-order valence-corrected chi connectivity index (χ4v) is 11.1. The number of anilines is 5. The standard InChI is InChI=1S/C57H50BN3/c1-55(2,3)36-24-28-38(29-25-36)59(39-30-26-37(27-31-39)56(4,5)6)40-33-45-43-17-13-20-47-53(43)61(49-22-12-11-19-46(49)57(47,7)8)58-48-21-14-18-42-44-32-23-35-15-9-10-16-41(35)52(44)60(54(42)48)50(34-40)51(45)58/h9-34H,1-8H3. The fourth-order valence-electron chi connectivity index (χ4n) is 11.1. The summed E-state index contributed by atoms with van der Waals surface area (Å²) < 4.78 is 2.64. The molecular formula is C57H50BN3. The lowest BCUT2D eigenvalue weighted by Crippen LogP contribution is -2.62. The largest absolute Gasteiger partial charge is 0.376 e.